The van der Waals surface area contributed by atoms with Crippen LogP contribution in [0.4, 0.5) is 0 Å². The first-order chi connectivity index (χ1) is 12.6. The van der Waals surface area contributed by atoms with Crippen molar-refractivity contribution in [1.29, 1.82) is 0 Å². The molecular weight excluding hydrogens is 332 g/mol. The van der Waals surface area contributed by atoms with Crippen molar-refractivity contribution in [3.8, 4) is 11.5 Å². The number of nitrogens with zero attached hydrogens (tertiary/aromatic N) is 3. The molecule has 1 amide bonds. The summed E-state index contributed by atoms with van der Waals surface area (Å²) in [5.41, 5.74) is 0.522. The van der Waals surface area contributed by atoms with Gasteiger partial charge < -0.3 is 19.4 Å². The summed E-state index contributed by atoms with van der Waals surface area (Å²) < 4.78 is 13.2. The molecule has 1 aromatic heterocycles. The number of carbonyl (C=O) groups is 1. The molecule has 7 heteroatoms. The van der Waals surface area contributed by atoms with Crippen LogP contribution in [-0.4, -0.2) is 33.9 Å². The SMILES string of the molecule is COc1cc(C(=O)NCc2nnc3n2CCCCC3)ccc1OC(C)C. The van der Waals surface area contributed by atoms with E-state index in [1.807, 2.05) is 13.8 Å². The summed E-state index contributed by atoms with van der Waals surface area (Å²) in [6.07, 6.45) is 4.47. The maximum absolute atomic E-state index is 12.5. The Morgan fingerprint density at radius 1 is 1.23 bits per heavy atom. The van der Waals surface area contributed by atoms with Crippen molar-refractivity contribution in [1.82, 2.24) is 20.1 Å². The zero-order chi connectivity index (χ0) is 18.5. The Labute approximate surface area is 153 Å². The number of hydrogen-bond donors (Lipinski definition) is 1. The molecule has 2 aromatic rings. The fraction of sp³-hybridized carbons (Fsp3) is 0.526. The molecule has 1 aliphatic rings. The van der Waals surface area contributed by atoms with Gasteiger partial charge in [-0.05, 0) is 44.9 Å². The van der Waals surface area contributed by atoms with Gasteiger partial charge in [-0.15, -0.1) is 10.2 Å². The highest BCUT2D eigenvalue weighted by molar-refractivity contribution is 5.94. The third kappa shape index (κ3) is 4.15. The van der Waals surface area contributed by atoms with Gasteiger partial charge in [-0.25, -0.2) is 0 Å². The molecule has 3 rings (SSSR count). The minimum Gasteiger partial charge on any atom is -0.493 e. The monoisotopic (exact) mass is 358 g/mol. The predicted molar refractivity (Wildman–Crippen MR) is 97.5 cm³/mol. The number of aryl methyl sites for hydroxylation is 1. The number of amides is 1. The lowest BCUT2D eigenvalue weighted by Gasteiger charge is -2.14. The van der Waals surface area contributed by atoms with Gasteiger partial charge in [-0.1, -0.05) is 6.42 Å². The van der Waals surface area contributed by atoms with Crippen LogP contribution < -0.4 is 14.8 Å². The van der Waals surface area contributed by atoms with Crippen molar-refractivity contribution in [2.75, 3.05) is 7.11 Å². The Morgan fingerprint density at radius 2 is 2.08 bits per heavy atom. The lowest BCUT2D eigenvalue weighted by molar-refractivity contribution is 0.0949. The normalized spacial score (nSPS) is 13.8. The van der Waals surface area contributed by atoms with E-state index in [1.54, 1.807) is 25.3 Å². The highest BCUT2D eigenvalue weighted by Crippen LogP contribution is 2.29. The number of nitrogens with one attached hydrogen (secondary N) is 1. The molecule has 0 aliphatic carbocycles. The molecule has 1 aliphatic heterocycles. The van der Waals surface area contributed by atoms with Crippen LogP contribution in [0.3, 0.4) is 0 Å². The van der Waals surface area contributed by atoms with E-state index in [1.165, 1.54) is 6.42 Å². The number of aromatic nitrogens is 3. The van der Waals surface area contributed by atoms with Crippen LogP contribution in [0.1, 0.15) is 55.1 Å². The third-order valence-corrected chi connectivity index (χ3v) is 4.38. The van der Waals surface area contributed by atoms with E-state index >= 15 is 0 Å². The lowest BCUT2D eigenvalue weighted by atomic mass is 10.2. The molecule has 0 spiro atoms. The van der Waals surface area contributed by atoms with Crippen molar-refractivity contribution in [2.24, 2.45) is 0 Å². The van der Waals surface area contributed by atoms with Crippen LogP contribution >= 0.6 is 0 Å². The molecule has 2 heterocycles. The van der Waals surface area contributed by atoms with Crippen LogP contribution in [-0.2, 0) is 19.5 Å². The van der Waals surface area contributed by atoms with E-state index in [2.05, 4.69) is 20.1 Å². The summed E-state index contributed by atoms with van der Waals surface area (Å²) in [6.45, 7) is 5.17. The Morgan fingerprint density at radius 3 is 2.85 bits per heavy atom. The second kappa shape index (κ2) is 8.21. The summed E-state index contributed by atoms with van der Waals surface area (Å²) in [5.74, 6) is 2.82. The fourth-order valence-corrected chi connectivity index (χ4v) is 3.10. The molecule has 7 nitrogen and oxygen atoms in total. The molecule has 0 atom stereocenters. The molecule has 1 N–H and O–H groups in total. The van der Waals surface area contributed by atoms with Crippen molar-refractivity contribution >= 4 is 5.91 Å². The standard InChI is InChI=1S/C19H26N4O3/c1-13(2)26-15-9-8-14(11-16(15)25-3)19(24)20-12-18-22-21-17-7-5-4-6-10-23(17)18/h8-9,11,13H,4-7,10,12H2,1-3H3,(H,20,24). The first-order valence-electron chi connectivity index (χ1n) is 9.12. The van der Waals surface area contributed by atoms with Gasteiger partial charge in [-0.3, -0.25) is 4.79 Å². The van der Waals surface area contributed by atoms with Gasteiger partial charge >= 0.3 is 0 Å². The van der Waals surface area contributed by atoms with Gasteiger partial charge in [0.05, 0.1) is 19.8 Å². The quantitative estimate of drug-likeness (QED) is 0.859. The Kier molecular flexibility index (Phi) is 5.75. The number of rotatable bonds is 6. The summed E-state index contributed by atoms with van der Waals surface area (Å²) in [4.78, 5) is 12.5. The van der Waals surface area contributed by atoms with E-state index in [9.17, 15) is 4.79 Å². The number of methoxy groups -OCH3 is 1. The molecule has 0 bridgehead atoms. The van der Waals surface area contributed by atoms with Crippen LogP contribution in [0.15, 0.2) is 18.2 Å². The first-order valence-corrected chi connectivity index (χ1v) is 9.12. The maximum Gasteiger partial charge on any atom is 0.251 e. The van der Waals surface area contributed by atoms with Crippen LogP contribution in [0.25, 0.3) is 0 Å². The number of ether oxygens (including phenoxy) is 2. The molecule has 1 aromatic carbocycles. The minimum absolute atomic E-state index is 0.0341. The lowest BCUT2D eigenvalue weighted by Crippen LogP contribution is -2.25. The Bertz CT molecular complexity index is 770. The smallest absolute Gasteiger partial charge is 0.251 e. The van der Waals surface area contributed by atoms with Crippen molar-refractivity contribution in [2.45, 2.75) is 58.7 Å². The van der Waals surface area contributed by atoms with E-state index in [0.29, 0.717) is 23.6 Å². The maximum atomic E-state index is 12.5. The van der Waals surface area contributed by atoms with Crippen LogP contribution in [0.2, 0.25) is 0 Å². The van der Waals surface area contributed by atoms with Gasteiger partial charge in [0.15, 0.2) is 17.3 Å². The number of carbonyl (C=O) groups excluding carboxylic acids is 1. The first kappa shape index (κ1) is 18.2. The van der Waals surface area contributed by atoms with E-state index < -0.39 is 0 Å². The number of hydrogen-bond acceptors (Lipinski definition) is 5. The summed E-state index contributed by atoms with van der Waals surface area (Å²) in [5, 5.41) is 11.4. The van der Waals surface area contributed by atoms with Gasteiger partial charge in [-0.2, -0.15) is 0 Å². The minimum atomic E-state index is -0.176. The predicted octanol–water partition coefficient (Wildman–Crippen LogP) is 2.73. The zero-order valence-electron chi connectivity index (χ0n) is 15.6. The zero-order valence-corrected chi connectivity index (χ0v) is 15.6. The van der Waals surface area contributed by atoms with Gasteiger partial charge in [0.2, 0.25) is 0 Å². The third-order valence-electron chi connectivity index (χ3n) is 4.38. The summed E-state index contributed by atoms with van der Waals surface area (Å²) in [6, 6.07) is 5.19. The van der Waals surface area contributed by atoms with Gasteiger partial charge in [0.25, 0.3) is 5.91 Å². The molecule has 0 unspecified atom stereocenters. The topological polar surface area (TPSA) is 78.3 Å². The number of benzene rings is 1. The van der Waals surface area contributed by atoms with Crippen LogP contribution in [0, 0.1) is 0 Å². The molecule has 0 radical (unpaired) electrons. The second-order valence-corrected chi connectivity index (χ2v) is 6.71. The second-order valence-electron chi connectivity index (χ2n) is 6.71. The molecule has 26 heavy (non-hydrogen) atoms. The van der Waals surface area contributed by atoms with Crippen LogP contribution in [0.5, 0.6) is 11.5 Å². The summed E-state index contributed by atoms with van der Waals surface area (Å²) >= 11 is 0. The van der Waals surface area contributed by atoms with E-state index in [4.69, 9.17) is 9.47 Å². The van der Waals surface area contributed by atoms with Crippen molar-refractivity contribution in [3.05, 3.63) is 35.4 Å². The molecule has 0 saturated carbocycles. The Hall–Kier alpha value is -2.57. The molecular formula is C19H26N4O3. The average molecular weight is 358 g/mol. The largest absolute Gasteiger partial charge is 0.493 e. The van der Waals surface area contributed by atoms with Gasteiger partial charge in [0, 0.05) is 18.5 Å². The van der Waals surface area contributed by atoms with E-state index in [0.717, 1.165) is 37.5 Å². The Balaban J connectivity index is 1.68. The fourth-order valence-electron chi connectivity index (χ4n) is 3.10. The average Bonchev–Trinajstić information content (AvgIpc) is 2.85. The highest BCUT2D eigenvalue weighted by atomic mass is 16.5. The van der Waals surface area contributed by atoms with Crippen molar-refractivity contribution in [3.63, 3.8) is 0 Å². The van der Waals surface area contributed by atoms with E-state index in [-0.39, 0.29) is 12.0 Å². The molecule has 0 fully saturated rings. The summed E-state index contributed by atoms with van der Waals surface area (Å²) in [7, 11) is 1.57. The number of fused-ring (bicyclic) bond motifs is 1. The van der Waals surface area contributed by atoms with Crippen molar-refractivity contribution < 1.29 is 14.3 Å². The molecule has 0 saturated heterocycles. The molecule has 140 valence electrons. The van der Waals surface area contributed by atoms with Gasteiger partial charge in [0.1, 0.15) is 5.82 Å². The highest BCUT2D eigenvalue weighted by Gasteiger charge is 2.16.